The van der Waals surface area contributed by atoms with Crippen molar-refractivity contribution in [3.05, 3.63) is 18.2 Å². The fourth-order valence-electron chi connectivity index (χ4n) is 2.81. The molecule has 1 amide bonds. The van der Waals surface area contributed by atoms with Gasteiger partial charge in [0.1, 0.15) is 13.2 Å². The van der Waals surface area contributed by atoms with Crippen LogP contribution in [0.5, 0.6) is 11.5 Å². The lowest BCUT2D eigenvalue weighted by Crippen LogP contribution is -2.41. The van der Waals surface area contributed by atoms with Gasteiger partial charge in [0.15, 0.2) is 11.5 Å². The molecule has 8 nitrogen and oxygen atoms in total. The van der Waals surface area contributed by atoms with Crippen molar-refractivity contribution in [2.24, 2.45) is 0 Å². The lowest BCUT2D eigenvalue weighted by Gasteiger charge is -2.23. The van der Waals surface area contributed by atoms with Gasteiger partial charge in [-0.1, -0.05) is 0 Å². The normalized spacial score (nSPS) is 19.8. The summed E-state index contributed by atoms with van der Waals surface area (Å²) in [5.74, 6) is 0.767. The third-order valence-electron chi connectivity index (χ3n) is 4.05. The molecule has 2 heterocycles. The second-order valence-corrected chi connectivity index (χ2v) is 8.08. The average molecular weight is 370 g/mol. The van der Waals surface area contributed by atoms with Crippen LogP contribution in [0, 0.1) is 0 Å². The molecule has 9 heteroatoms. The Morgan fingerprint density at radius 1 is 1.24 bits per heavy atom. The molecule has 2 aliphatic heterocycles. The number of amides is 1. The summed E-state index contributed by atoms with van der Waals surface area (Å²) in [5.41, 5.74) is 0.528. The summed E-state index contributed by atoms with van der Waals surface area (Å²) in [4.78, 5) is 12.3. The zero-order valence-electron chi connectivity index (χ0n) is 14.1. The fraction of sp³-hybridized carbons (Fsp3) is 0.562. The molecule has 0 bridgehead atoms. The van der Waals surface area contributed by atoms with Crippen molar-refractivity contribution in [3.8, 4) is 11.5 Å². The highest BCUT2D eigenvalue weighted by Crippen LogP contribution is 2.32. The third kappa shape index (κ3) is 4.83. The van der Waals surface area contributed by atoms with E-state index in [0.29, 0.717) is 37.0 Å². The first-order valence-corrected chi connectivity index (χ1v) is 10.0. The second-order valence-electron chi connectivity index (χ2n) is 6.10. The molecular weight excluding hydrogens is 348 g/mol. The first kappa shape index (κ1) is 18.0. The van der Waals surface area contributed by atoms with Crippen LogP contribution in [0.2, 0.25) is 0 Å². The van der Waals surface area contributed by atoms with Gasteiger partial charge in [-0.05, 0) is 25.0 Å². The number of nitrogens with zero attached hydrogens (tertiary/aromatic N) is 1. The first-order valence-electron chi connectivity index (χ1n) is 8.18. The molecule has 1 unspecified atom stereocenters. The second kappa shape index (κ2) is 7.59. The first-order chi connectivity index (χ1) is 11.9. The van der Waals surface area contributed by atoms with Gasteiger partial charge in [0, 0.05) is 24.9 Å². The Morgan fingerprint density at radius 3 is 2.68 bits per heavy atom. The van der Waals surface area contributed by atoms with E-state index in [1.807, 2.05) is 0 Å². The number of fused-ring (bicyclic) bond motifs is 1. The van der Waals surface area contributed by atoms with Crippen LogP contribution >= 0.6 is 0 Å². The lowest BCUT2D eigenvalue weighted by molar-refractivity contribution is -0.116. The molecule has 0 saturated carbocycles. The highest BCUT2D eigenvalue weighted by Gasteiger charge is 2.26. The number of ether oxygens (including phenoxy) is 3. The molecule has 1 fully saturated rings. The van der Waals surface area contributed by atoms with E-state index in [1.54, 1.807) is 18.2 Å². The van der Waals surface area contributed by atoms with Crippen LogP contribution in [0.1, 0.15) is 12.8 Å². The molecule has 138 valence electrons. The van der Waals surface area contributed by atoms with Crippen molar-refractivity contribution >= 4 is 21.6 Å². The molecule has 0 spiro atoms. The Labute approximate surface area is 147 Å². The highest BCUT2D eigenvalue weighted by atomic mass is 32.2. The molecule has 25 heavy (non-hydrogen) atoms. The third-order valence-corrected chi connectivity index (χ3v) is 5.26. The van der Waals surface area contributed by atoms with Gasteiger partial charge in [0.05, 0.1) is 18.9 Å². The quantitative estimate of drug-likeness (QED) is 0.797. The van der Waals surface area contributed by atoms with E-state index in [1.165, 1.54) is 0 Å². The molecule has 1 atom stereocenters. The summed E-state index contributed by atoms with van der Waals surface area (Å²) in [6.07, 6.45) is 2.65. The maximum absolute atomic E-state index is 12.3. The van der Waals surface area contributed by atoms with Crippen molar-refractivity contribution in [2.45, 2.75) is 18.9 Å². The van der Waals surface area contributed by atoms with Crippen LogP contribution in [0.25, 0.3) is 0 Å². The van der Waals surface area contributed by atoms with E-state index in [2.05, 4.69) is 5.32 Å². The van der Waals surface area contributed by atoms with Crippen LogP contribution in [0.3, 0.4) is 0 Å². The molecule has 1 N–H and O–H groups in total. The number of hydrogen-bond donors (Lipinski definition) is 1. The molecular formula is C16H22N2O6S. The van der Waals surface area contributed by atoms with Gasteiger partial charge >= 0.3 is 0 Å². The van der Waals surface area contributed by atoms with Gasteiger partial charge in [-0.25, -0.2) is 8.42 Å². The number of carbonyl (C=O) groups is 1. The average Bonchev–Trinajstić information content (AvgIpc) is 3.06. The summed E-state index contributed by atoms with van der Waals surface area (Å²) < 4.78 is 41.4. The zero-order valence-corrected chi connectivity index (χ0v) is 14.9. The van der Waals surface area contributed by atoms with E-state index in [4.69, 9.17) is 14.2 Å². The Kier molecular flexibility index (Phi) is 5.45. The number of rotatable bonds is 6. The number of hydrogen-bond acceptors (Lipinski definition) is 6. The van der Waals surface area contributed by atoms with Crippen LogP contribution in [0.4, 0.5) is 5.69 Å². The smallest absolute Gasteiger partial charge is 0.239 e. The maximum Gasteiger partial charge on any atom is 0.239 e. The van der Waals surface area contributed by atoms with E-state index in [9.17, 15) is 13.2 Å². The zero-order chi connectivity index (χ0) is 17.9. The molecule has 2 aliphatic rings. The maximum atomic E-state index is 12.3. The molecule has 1 aromatic rings. The van der Waals surface area contributed by atoms with Gasteiger partial charge in [-0.15, -0.1) is 0 Å². The topological polar surface area (TPSA) is 94.2 Å². The standard InChI is InChI=1S/C16H22N2O6S/c1-25(20,21)18(10-13-3-2-6-22-13)11-16(19)17-12-4-5-14-15(9-12)24-8-7-23-14/h4-5,9,13H,2-3,6-8,10-11H2,1H3,(H,17,19). The van der Waals surface area contributed by atoms with E-state index in [0.717, 1.165) is 23.4 Å². The van der Waals surface area contributed by atoms with Crippen LogP contribution < -0.4 is 14.8 Å². The van der Waals surface area contributed by atoms with E-state index < -0.39 is 15.9 Å². The molecule has 0 radical (unpaired) electrons. The van der Waals surface area contributed by atoms with Crippen molar-refractivity contribution < 1.29 is 27.4 Å². The van der Waals surface area contributed by atoms with Crippen molar-refractivity contribution in [1.82, 2.24) is 4.31 Å². The van der Waals surface area contributed by atoms with Crippen molar-refractivity contribution in [3.63, 3.8) is 0 Å². The summed E-state index contributed by atoms with van der Waals surface area (Å²) in [5, 5.41) is 2.70. The molecule has 1 saturated heterocycles. The van der Waals surface area contributed by atoms with Gasteiger partial charge in [0.25, 0.3) is 0 Å². The number of nitrogens with one attached hydrogen (secondary N) is 1. The molecule has 0 aromatic heterocycles. The van der Waals surface area contributed by atoms with E-state index in [-0.39, 0.29) is 19.2 Å². The summed E-state index contributed by atoms with van der Waals surface area (Å²) in [6, 6.07) is 5.07. The predicted molar refractivity (Wildman–Crippen MR) is 91.5 cm³/mol. The Morgan fingerprint density at radius 2 is 2.00 bits per heavy atom. The van der Waals surface area contributed by atoms with Gasteiger partial charge < -0.3 is 19.5 Å². The predicted octanol–water partition coefficient (Wildman–Crippen LogP) is 0.837. The molecule has 1 aromatic carbocycles. The summed E-state index contributed by atoms with van der Waals surface area (Å²) in [7, 11) is -3.51. The van der Waals surface area contributed by atoms with Crippen molar-refractivity contribution in [2.75, 3.05) is 44.5 Å². The van der Waals surface area contributed by atoms with Gasteiger partial charge in [-0.3, -0.25) is 4.79 Å². The SMILES string of the molecule is CS(=O)(=O)N(CC(=O)Nc1ccc2c(c1)OCCO2)CC1CCCO1. The minimum atomic E-state index is -3.51. The Balaban J connectivity index is 1.63. The van der Waals surface area contributed by atoms with Gasteiger partial charge in [-0.2, -0.15) is 4.31 Å². The summed E-state index contributed by atoms with van der Waals surface area (Å²) >= 11 is 0. The van der Waals surface area contributed by atoms with Gasteiger partial charge in [0.2, 0.25) is 15.9 Å². The number of carbonyl (C=O) groups excluding carboxylic acids is 1. The molecule has 0 aliphatic carbocycles. The number of sulfonamides is 1. The van der Waals surface area contributed by atoms with Crippen LogP contribution in [-0.4, -0.2) is 63.9 Å². The lowest BCUT2D eigenvalue weighted by atomic mass is 10.2. The highest BCUT2D eigenvalue weighted by molar-refractivity contribution is 7.88. The monoisotopic (exact) mass is 370 g/mol. The minimum absolute atomic E-state index is 0.156. The Hall–Kier alpha value is -1.84. The van der Waals surface area contributed by atoms with Crippen molar-refractivity contribution in [1.29, 1.82) is 0 Å². The van der Waals surface area contributed by atoms with Crippen LogP contribution in [0.15, 0.2) is 18.2 Å². The Bertz CT molecular complexity index is 730. The van der Waals surface area contributed by atoms with Crippen LogP contribution in [-0.2, 0) is 19.6 Å². The largest absolute Gasteiger partial charge is 0.486 e. The fourth-order valence-corrected chi connectivity index (χ4v) is 3.60. The minimum Gasteiger partial charge on any atom is -0.486 e. The molecule has 3 rings (SSSR count). The number of benzene rings is 1. The summed E-state index contributed by atoms with van der Waals surface area (Å²) in [6.45, 7) is 1.51. The van der Waals surface area contributed by atoms with E-state index >= 15 is 0 Å². The number of anilines is 1.